The summed E-state index contributed by atoms with van der Waals surface area (Å²) in [5.41, 5.74) is 2.10. The first-order valence-electron chi connectivity index (χ1n) is 7.48. The molecule has 2 heterocycles. The average Bonchev–Trinajstić information content (AvgIpc) is 3.20. The lowest BCUT2D eigenvalue weighted by Gasteiger charge is -2.06. The highest BCUT2D eigenvalue weighted by Crippen LogP contribution is 2.26. The predicted molar refractivity (Wildman–Crippen MR) is 88.8 cm³/mol. The van der Waals surface area contributed by atoms with Gasteiger partial charge in [-0.25, -0.2) is 0 Å². The Morgan fingerprint density at radius 2 is 2.13 bits per heavy atom. The van der Waals surface area contributed by atoms with Crippen molar-refractivity contribution in [1.29, 1.82) is 0 Å². The summed E-state index contributed by atoms with van der Waals surface area (Å²) in [6, 6.07) is 9.97. The van der Waals surface area contributed by atoms with Gasteiger partial charge in [0.15, 0.2) is 0 Å². The molecule has 5 nitrogen and oxygen atoms in total. The van der Waals surface area contributed by atoms with Crippen LogP contribution >= 0.6 is 11.8 Å². The zero-order chi connectivity index (χ0) is 16.1. The third-order valence-corrected chi connectivity index (χ3v) is 4.16. The number of aromatic nitrogens is 2. The monoisotopic (exact) mass is 330 g/mol. The molecule has 2 aromatic heterocycles. The molecule has 0 unspecified atom stereocenters. The number of benzene rings is 1. The minimum atomic E-state index is 0.482. The van der Waals surface area contributed by atoms with E-state index < -0.39 is 0 Å². The summed E-state index contributed by atoms with van der Waals surface area (Å²) < 4.78 is 16.6. The highest BCUT2D eigenvalue weighted by atomic mass is 32.2. The molecule has 3 rings (SSSR count). The van der Waals surface area contributed by atoms with Gasteiger partial charge in [0.05, 0.1) is 18.4 Å². The van der Waals surface area contributed by atoms with Crippen molar-refractivity contribution in [3.63, 3.8) is 0 Å². The minimum Gasteiger partial charge on any atom is -0.493 e. The van der Waals surface area contributed by atoms with Gasteiger partial charge in [-0.15, -0.1) is 10.2 Å². The number of nitrogens with zero attached hydrogens (tertiary/aromatic N) is 2. The maximum atomic E-state index is 5.74. The van der Waals surface area contributed by atoms with Gasteiger partial charge in [0.2, 0.25) is 0 Å². The van der Waals surface area contributed by atoms with Gasteiger partial charge < -0.3 is 13.6 Å². The molecule has 0 fully saturated rings. The van der Waals surface area contributed by atoms with Crippen LogP contribution in [0.4, 0.5) is 0 Å². The van der Waals surface area contributed by atoms with E-state index in [2.05, 4.69) is 29.3 Å². The van der Waals surface area contributed by atoms with Crippen LogP contribution in [0.15, 0.2) is 50.7 Å². The molecular weight excluding hydrogens is 312 g/mol. The van der Waals surface area contributed by atoms with Crippen LogP contribution in [0, 0.1) is 6.92 Å². The molecule has 120 valence electrons. The molecule has 6 heteroatoms. The number of hydrogen-bond donors (Lipinski definition) is 0. The first-order chi connectivity index (χ1) is 11.3. The highest BCUT2D eigenvalue weighted by Gasteiger charge is 2.13. The SMILES string of the molecule is CCc1cccc(OCCSc2nnc(-c3ccoc3C)o2)c1. The minimum absolute atomic E-state index is 0.482. The van der Waals surface area contributed by atoms with E-state index in [0.717, 1.165) is 29.2 Å². The summed E-state index contributed by atoms with van der Waals surface area (Å²) in [6.45, 7) is 4.58. The van der Waals surface area contributed by atoms with Gasteiger partial charge in [-0.2, -0.15) is 0 Å². The lowest BCUT2D eigenvalue weighted by molar-refractivity contribution is 0.343. The van der Waals surface area contributed by atoms with Crippen LogP contribution < -0.4 is 4.74 Å². The van der Waals surface area contributed by atoms with E-state index in [0.29, 0.717) is 17.7 Å². The number of hydrogen-bond acceptors (Lipinski definition) is 6. The molecule has 0 aliphatic carbocycles. The van der Waals surface area contributed by atoms with Crippen molar-refractivity contribution in [3.8, 4) is 17.2 Å². The molecule has 1 aromatic carbocycles. The topological polar surface area (TPSA) is 61.3 Å². The molecular formula is C17H18N2O3S. The predicted octanol–water partition coefficient (Wildman–Crippen LogP) is 4.37. The van der Waals surface area contributed by atoms with Gasteiger partial charge in [0.1, 0.15) is 11.5 Å². The molecule has 0 radical (unpaired) electrons. The summed E-state index contributed by atoms with van der Waals surface area (Å²) in [6.07, 6.45) is 2.62. The molecule has 0 amide bonds. The van der Waals surface area contributed by atoms with Crippen molar-refractivity contribution < 1.29 is 13.6 Å². The van der Waals surface area contributed by atoms with Crippen LogP contribution in [0.2, 0.25) is 0 Å². The Balaban J connectivity index is 1.49. The summed E-state index contributed by atoms with van der Waals surface area (Å²) in [4.78, 5) is 0. The molecule has 0 aliphatic heterocycles. The molecule has 0 aliphatic rings. The first kappa shape index (κ1) is 15.7. The maximum absolute atomic E-state index is 5.74. The van der Waals surface area contributed by atoms with E-state index in [1.54, 1.807) is 6.26 Å². The second-order valence-corrected chi connectivity index (χ2v) is 6.01. The number of rotatable bonds is 7. The summed E-state index contributed by atoms with van der Waals surface area (Å²) in [7, 11) is 0. The van der Waals surface area contributed by atoms with Crippen molar-refractivity contribution >= 4 is 11.8 Å². The Morgan fingerprint density at radius 3 is 2.91 bits per heavy atom. The molecule has 0 spiro atoms. The Bertz CT molecular complexity index is 767. The van der Waals surface area contributed by atoms with E-state index in [1.165, 1.54) is 17.3 Å². The normalized spacial score (nSPS) is 10.9. The van der Waals surface area contributed by atoms with Crippen LogP contribution in [0.25, 0.3) is 11.5 Å². The largest absolute Gasteiger partial charge is 0.493 e. The van der Waals surface area contributed by atoms with E-state index in [9.17, 15) is 0 Å². The smallest absolute Gasteiger partial charge is 0.276 e. The van der Waals surface area contributed by atoms with Crippen LogP contribution in [-0.2, 0) is 6.42 Å². The standard InChI is InChI=1S/C17H18N2O3S/c1-3-13-5-4-6-14(11-13)21-9-10-23-17-19-18-16(22-17)15-7-8-20-12(15)2/h4-8,11H,3,9-10H2,1-2H3. The molecule has 3 aromatic rings. The lowest BCUT2D eigenvalue weighted by Crippen LogP contribution is -2.00. The van der Waals surface area contributed by atoms with Crippen molar-refractivity contribution in [2.75, 3.05) is 12.4 Å². The van der Waals surface area contributed by atoms with Crippen molar-refractivity contribution in [2.45, 2.75) is 25.5 Å². The average molecular weight is 330 g/mol. The van der Waals surface area contributed by atoms with Gasteiger partial charge >= 0.3 is 0 Å². The summed E-state index contributed by atoms with van der Waals surface area (Å²) in [5, 5.41) is 8.61. The summed E-state index contributed by atoms with van der Waals surface area (Å²) in [5.74, 6) is 2.88. The van der Waals surface area contributed by atoms with E-state index in [4.69, 9.17) is 13.6 Å². The fraction of sp³-hybridized carbons (Fsp3) is 0.294. The number of ether oxygens (including phenoxy) is 1. The van der Waals surface area contributed by atoms with Gasteiger partial charge in [-0.05, 0) is 37.1 Å². The number of thioether (sulfide) groups is 1. The number of aryl methyl sites for hydroxylation is 2. The van der Waals surface area contributed by atoms with Gasteiger partial charge in [0.25, 0.3) is 11.1 Å². The van der Waals surface area contributed by atoms with E-state index >= 15 is 0 Å². The molecule has 0 saturated carbocycles. The fourth-order valence-electron chi connectivity index (χ4n) is 2.13. The van der Waals surface area contributed by atoms with Crippen molar-refractivity contribution in [1.82, 2.24) is 10.2 Å². The van der Waals surface area contributed by atoms with Gasteiger partial charge in [-0.1, -0.05) is 30.8 Å². The fourth-order valence-corrected chi connectivity index (χ4v) is 2.71. The summed E-state index contributed by atoms with van der Waals surface area (Å²) >= 11 is 1.48. The Hall–Kier alpha value is -2.21. The lowest BCUT2D eigenvalue weighted by atomic mass is 10.2. The Kier molecular flexibility index (Phi) is 5.02. The molecule has 0 atom stereocenters. The zero-order valence-electron chi connectivity index (χ0n) is 13.1. The quantitative estimate of drug-likeness (QED) is 0.473. The van der Waals surface area contributed by atoms with Crippen LogP contribution in [-0.4, -0.2) is 22.6 Å². The Labute approximate surface area is 139 Å². The molecule has 23 heavy (non-hydrogen) atoms. The first-order valence-corrected chi connectivity index (χ1v) is 8.47. The second-order valence-electron chi connectivity index (χ2n) is 4.96. The van der Waals surface area contributed by atoms with Crippen molar-refractivity contribution in [2.24, 2.45) is 0 Å². The molecule has 0 bridgehead atoms. The molecule has 0 N–H and O–H groups in total. The van der Waals surface area contributed by atoms with E-state index in [-0.39, 0.29) is 0 Å². The maximum Gasteiger partial charge on any atom is 0.276 e. The third-order valence-electron chi connectivity index (χ3n) is 3.38. The van der Waals surface area contributed by atoms with Crippen LogP contribution in [0.3, 0.4) is 0 Å². The molecule has 0 saturated heterocycles. The third kappa shape index (κ3) is 3.96. The van der Waals surface area contributed by atoms with Gasteiger partial charge in [0, 0.05) is 5.75 Å². The highest BCUT2D eigenvalue weighted by molar-refractivity contribution is 7.99. The van der Waals surface area contributed by atoms with E-state index in [1.807, 2.05) is 25.1 Å². The Morgan fingerprint density at radius 1 is 1.22 bits per heavy atom. The van der Waals surface area contributed by atoms with Crippen molar-refractivity contribution in [3.05, 3.63) is 47.9 Å². The van der Waals surface area contributed by atoms with Gasteiger partial charge in [-0.3, -0.25) is 0 Å². The second kappa shape index (κ2) is 7.37. The van der Waals surface area contributed by atoms with Crippen LogP contribution in [0.5, 0.6) is 5.75 Å². The zero-order valence-corrected chi connectivity index (χ0v) is 13.9. The number of furan rings is 1. The van der Waals surface area contributed by atoms with Crippen LogP contribution in [0.1, 0.15) is 18.2 Å².